The zero-order chi connectivity index (χ0) is 22.2. The second-order valence-electron chi connectivity index (χ2n) is 9.82. The standard InChI is InChI=1S/C25H37N7/c1-18-15-24(21-16-26-30(4)25(21)27-18)31-14-11-23-22(17-31)19(2)28-32(23)13-7-5-6-12-29(3)20-9-8-10-20/h15-16,20H,5-14,17H2,1-4H3. The van der Waals surface area contributed by atoms with Gasteiger partial charge < -0.3 is 9.80 Å². The van der Waals surface area contributed by atoms with Crippen molar-refractivity contribution in [2.45, 2.75) is 77.9 Å². The largest absolute Gasteiger partial charge is 0.366 e. The summed E-state index contributed by atoms with van der Waals surface area (Å²) in [6.07, 6.45) is 11.0. The first-order chi connectivity index (χ1) is 15.5. The molecule has 0 aromatic carbocycles. The molecule has 0 unspecified atom stereocenters. The molecular weight excluding hydrogens is 398 g/mol. The molecule has 172 valence electrons. The number of rotatable bonds is 8. The molecule has 5 rings (SSSR count). The van der Waals surface area contributed by atoms with Crippen LogP contribution in [0.15, 0.2) is 12.3 Å². The maximum absolute atomic E-state index is 4.94. The summed E-state index contributed by atoms with van der Waals surface area (Å²) in [6, 6.07) is 3.06. The third-order valence-electron chi connectivity index (χ3n) is 7.57. The van der Waals surface area contributed by atoms with Crippen LogP contribution in [0, 0.1) is 13.8 Å². The molecule has 1 aliphatic carbocycles. The number of pyridine rings is 1. The topological polar surface area (TPSA) is 55.0 Å². The van der Waals surface area contributed by atoms with Gasteiger partial charge in [0.1, 0.15) is 0 Å². The van der Waals surface area contributed by atoms with E-state index in [1.54, 1.807) is 0 Å². The van der Waals surface area contributed by atoms with Gasteiger partial charge in [0, 0.05) is 56.1 Å². The fourth-order valence-corrected chi connectivity index (χ4v) is 5.34. The smallest absolute Gasteiger partial charge is 0.159 e. The summed E-state index contributed by atoms with van der Waals surface area (Å²) in [7, 11) is 4.26. The van der Waals surface area contributed by atoms with Crippen LogP contribution >= 0.6 is 0 Å². The fourth-order valence-electron chi connectivity index (χ4n) is 5.34. The second kappa shape index (κ2) is 8.85. The van der Waals surface area contributed by atoms with E-state index >= 15 is 0 Å². The molecule has 32 heavy (non-hydrogen) atoms. The number of nitrogens with zero attached hydrogens (tertiary/aromatic N) is 7. The summed E-state index contributed by atoms with van der Waals surface area (Å²) in [5.74, 6) is 0. The fraction of sp³-hybridized carbons (Fsp3) is 0.640. The summed E-state index contributed by atoms with van der Waals surface area (Å²) in [6.45, 7) is 8.45. The van der Waals surface area contributed by atoms with Gasteiger partial charge >= 0.3 is 0 Å². The molecule has 1 saturated carbocycles. The summed E-state index contributed by atoms with van der Waals surface area (Å²) in [5, 5.41) is 10.5. The first kappa shape index (κ1) is 21.4. The molecule has 0 N–H and O–H groups in total. The van der Waals surface area contributed by atoms with Crippen molar-refractivity contribution in [3.8, 4) is 0 Å². The number of hydrogen-bond acceptors (Lipinski definition) is 5. The van der Waals surface area contributed by atoms with Crippen LogP contribution in [0.2, 0.25) is 0 Å². The van der Waals surface area contributed by atoms with Crippen molar-refractivity contribution in [3.05, 3.63) is 34.9 Å². The molecule has 7 heteroatoms. The van der Waals surface area contributed by atoms with E-state index in [2.05, 4.69) is 51.5 Å². The molecule has 1 fully saturated rings. The second-order valence-corrected chi connectivity index (χ2v) is 9.82. The van der Waals surface area contributed by atoms with Crippen LogP contribution in [-0.2, 0) is 26.6 Å². The highest BCUT2D eigenvalue weighted by Crippen LogP contribution is 2.32. The van der Waals surface area contributed by atoms with E-state index in [-0.39, 0.29) is 0 Å². The summed E-state index contributed by atoms with van der Waals surface area (Å²) < 4.78 is 4.17. The quantitative estimate of drug-likeness (QED) is 0.501. The molecule has 1 aliphatic heterocycles. The first-order valence-corrected chi connectivity index (χ1v) is 12.3. The van der Waals surface area contributed by atoms with Gasteiger partial charge in [0.05, 0.1) is 23.0 Å². The van der Waals surface area contributed by atoms with Crippen LogP contribution in [-0.4, -0.2) is 55.6 Å². The highest BCUT2D eigenvalue weighted by Gasteiger charge is 2.25. The summed E-state index contributed by atoms with van der Waals surface area (Å²) in [4.78, 5) is 9.74. The predicted molar refractivity (Wildman–Crippen MR) is 129 cm³/mol. The van der Waals surface area contributed by atoms with Crippen molar-refractivity contribution in [2.75, 3.05) is 25.0 Å². The molecule has 0 saturated heterocycles. The third-order valence-corrected chi connectivity index (χ3v) is 7.57. The Labute approximate surface area is 191 Å². The average Bonchev–Trinajstić information content (AvgIpc) is 3.25. The SMILES string of the molecule is Cc1cc(N2CCc3c(c(C)nn3CCCCCN(C)C3CCC3)C2)c2cnn(C)c2n1. The van der Waals surface area contributed by atoms with Crippen LogP contribution in [0.5, 0.6) is 0 Å². The molecule has 0 amide bonds. The zero-order valence-electron chi connectivity index (χ0n) is 20.1. The van der Waals surface area contributed by atoms with Crippen molar-refractivity contribution in [3.63, 3.8) is 0 Å². The molecule has 0 radical (unpaired) electrons. The van der Waals surface area contributed by atoms with Crippen molar-refractivity contribution < 1.29 is 0 Å². The van der Waals surface area contributed by atoms with Gasteiger partial charge in [-0.3, -0.25) is 9.36 Å². The molecule has 4 heterocycles. The minimum Gasteiger partial charge on any atom is -0.366 e. The summed E-state index contributed by atoms with van der Waals surface area (Å²) in [5.41, 5.74) is 7.28. The van der Waals surface area contributed by atoms with Crippen LogP contribution in [0.4, 0.5) is 5.69 Å². The Morgan fingerprint density at radius 3 is 2.78 bits per heavy atom. The van der Waals surface area contributed by atoms with Crippen LogP contribution in [0.25, 0.3) is 11.0 Å². The van der Waals surface area contributed by atoms with E-state index in [0.717, 1.165) is 48.8 Å². The lowest BCUT2D eigenvalue weighted by Gasteiger charge is -2.34. The van der Waals surface area contributed by atoms with E-state index in [4.69, 9.17) is 5.10 Å². The van der Waals surface area contributed by atoms with E-state index in [0.29, 0.717) is 0 Å². The van der Waals surface area contributed by atoms with Crippen LogP contribution < -0.4 is 4.90 Å². The maximum atomic E-state index is 4.94. The number of hydrogen-bond donors (Lipinski definition) is 0. The van der Waals surface area contributed by atoms with Gasteiger partial charge in [-0.05, 0) is 59.2 Å². The van der Waals surface area contributed by atoms with E-state index in [9.17, 15) is 0 Å². The Balaban J connectivity index is 1.23. The molecule has 7 nitrogen and oxygen atoms in total. The number of fused-ring (bicyclic) bond motifs is 2. The molecule has 3 aromatic heterocycles. The number of anilines is 1. The minimum absolute atomic E-state index is 0.857. The number of unbranched alkanes of at least 4 members (excludes halogenated alkanes) is 2. The van der Waals surface area contributed by atoms with Gasteiger partial charge in [-0.1, -0.05) is 12.8 Å². The highest BCUT2D eigenvalue weighted by atomic mass is 15.3. The Hall–Kier alpha value is -2.41. The molecule has 0 spiro atoms. The van der Waals surface area contributed by atoms with Gasteiger partial charge in [0.15, 0.2) is 5.65 Å². The van der Waals surface area contributed by atoms with E-state index in [1.165, 1.54) is 67.7 Å². The molecule has 0 atom stereocenters. The first-order valence-electron chi connectivity index (χ1n) is 12.3. The zero-order valence-corrected chi connectivity index (χ0v) is 20.1. The lowest BCUT2D eigenvalue weighted by Crippen LogP contribution is -2.37. The molecule has 3 aromatic rings. The highest BCUT2D eigenvalue weighted by molar-refractivity contribution is 5.89. The van der Waals surface area contributed by atoms with Crippen molar-refractivity contribution >= 4 is 16.7 Å². The van der Waals surface area contributed by atoms with Crippen molar-refractivity contribution in [1.29, 1.82) is 0 Å². The molecular formula is C25H37N7. The van der Waals surface area contributed by atoms with Gasteiger partial charge in [0.25, 0.3) is 0 Å². The van der Waals surface area contributed by atoms with Gasteiger partial charge in [-0.15, -0.1) is 0 Å². The average molecular weight is 436 g/mol. The lowest BCUT2D eigenvalue weighted by atomic mass is 9.92. The Bertz CT molecular complexity index is 1090. The van der Waals surface area contributed by atoms with Gasteiger partial charge in [-0.25, -0.2) is 4.98 Å². The van der Waals surface area contributed by atoms with E-state index in [1.807, 2.05) is 17.9 Å². The van der Waals surface area contributed by atoms with Gasteiger partial charge in [-0.2, -0.15) is 10.2 Å². The Morgan fingerprint density at radius 2 is 2.00 bits per heavy atom. The normalized spacial score (nSPS) is 16.7. The van der Waals surface area contributed by atoms with Gasteiger partial charge in [0.2, 0.25) is 0 Å². The van der Waals surface area contributed by atoms with Crippen LogP contribution in [0.1, 0.15) is 61.2 Å². The van der Waals surface area contributed by atoms with Crippen LogP contribution in [0.3, 0.4) is 0 Å². The van der Waals surface area contributed by atoms with Crippen molar-refractivity contribution in [2.24, 2.45) is 7.05 Å². The maximum Gasteiger partial charge on any atom is 0.159 e. The minimum atomic E-state index is 0.857. The molecule has 2 aliphatic rings. The molecule has 0 bridgehead atoms. The lowest BCUT2D eigenvalue weighted by molar-refractivity contribution is 0.157. The summed E-state index contributed by atoms with van der Waals surface area (Å²) >= 11 is 0. The third kappa shape index (κ3) is 4.03. The Morgan fingerprint density at radius 1 is 1.16 bits per heavy atom. The number of aryl methyl sites for hydroxylation is 4. The van der Waals surface area contributed by atoms with Crippen molar-refractivity contribution in [1.82, 2.24) is 29.4 Å². The predicted octanol–water partition coefficient (Wildman–Crippen LogP) is 4.00. The number of aromatic nitrogens is 5. The Kier molecular flexibility index (Phi) is 5.93. The van der Waals surface area contributed by atoms with E-state index < -0.39 is 0 Å². The monoisotopic (exact) mass is 435 g/mol.